The number of aryl methyl sites for hydroxylation is 1. The van der Waals surface area contributed by atoms with Gasteiger partial charge in [0.15, 0.2) is 0 Å². The summed E-state index contributed by atoms with van der Waals surface area (Å²) in [7, 11) is 1.24. The number of amides is 3. The molecule has 0 saturated heterocycles. The van der Waals surface area contributed by atoms with Gasteiger partial charge in [0.05, 0.1) is 7.11 Å². The van der Waals surface area contributed by atoms with E-state index in [-0.39, 0.29) is 18.5 Å². The maximum atomic E-state index is 14.3. The lowest BCUT2D eigenvalue weighted by Crippen LogP contribution is -2.57. The van der Waals surface area contributed by atoms with E-state index in [1.807, 2.05) is 45.9 Å². The molecule has 0 spiro atoms. The average molecular weight is 534 g/mol. The molecule has 214 valence electrons. The van der Waals surface area contributed by atoms with Gasteiger partial charge in [-0.05, 0) is 64.9 Å². The molecule has 0 aliphatic heterocycles. The third-order valence-electron chi connectivity index (χ3n) is 6.02. The van der Waals surface area contributed by atoms with Crippen molar-refractivity contribution in [3.05, 3.63) is 35.4 Å². The second kappa shape index (κ2) is 14.7. The molecular weight excluding hydrogens is 486 g/mol. The van der Waals surface area contributed by atoms with E-state index in [1.165, 1.54) is 7.11 Å². The minimum absolute atomic E-state index is 0.286. The van der Waals surface area contributed by atoms with Crippen LogP contribution in [0.2, 0.25) is 0 Å². The van der Waals surface area contributed by atoms with E-state index in [4.69, 9.17) is 4.74 Å². The van der Waals surface area contributed by atoms with Gasteiger partial charge in [-0.25, -0.2) is 4.79 Å². The lowest BCUT2D eigenvalue weighted by molar-refractivity contribution is -0.147. The van der Waals surface area contributed by atoms with Gasteiger partial charge in [-0.2, -0.15) is 0 Å². The van der Waals surface area contributed by atoms with E-state index >= 15 is 0 Å². The Balaban J connectivity index is 3.59. The van der Waals surface area contributed by atoms with Crippen molar-refractivity contribution in [2.75, 3.05) is 13.7 Å². The van der Waals surface area contributed by atoms with Gasteiger partial charge in [0.1, 0.15) is 24.2 Å². The van der Waals surface area contributed by atoms with Crippen LogP contribution in [0, 0.1) is 18.8 Å². The Hall–Kier alpha value is -3.10. The van der Waals surface area contributed by atoms with Crippen molar-refractivity contribution in [2.45, 2.75) is 98.9 Å². The summed E-state index contributed by atoms with van der Waals surface area (Å²) in [5.74, 6) is -1.40. The van der Waals surface area contributed by atoms with Crippen molar-refractivity contribution in [1.82, 2.24) is 15.5 Å². The zero-order chi connectivity index (χ0) is 29.2. The lowest BCUT2D eigenvalue weighted by atomic mass is 9.94. The highest BCUT2D eigenvalue weighted by atomic mass is 16.6. The van der Waals surface area contributed by atoms with Gasteiger partial charge in [-0.1, -0.05) is 57.5 Å². The summed E-state index contributed by atoms with van der Waals surface area (Å²) in [6, 6.07) is 5.05. The van der Waals surface area contributed by atoms with Crippen LogP contribution in [0.1, 0.15) is 85.4 Å². The molecule has 0 aliphatic carbocycles. The van der Waals surface area contributed by atoms with Crippen LogP contribution in [0.3, 0.4) is 0 Å². The first-order valence-corrected chi connectivity index (χ1v) is 13.3. The van der Waals surface area contributed by atoms with E-state index in [9.17, 15) is 19.2 Å². The summed E-state index contributed by atoms with van der Waals surface area (Å²) in [6.45, 7) is 16.6. The Morgan fingerprint density at radius 3 is 2.13 bits per heavy atom. The number of rotatable bonds is 12. The van der Waals surface area contributed by atoms with E-state index in [0.717, 1.165) is 12.0 Å². The summed E-state index contributed by atoms with van der Waals surface area (Å²) in [6.07, 6.45) is 0.774. The number of nitrogens with zero attached hydrogens (tertiary/aromatic N) is 1. The standard InChI is InChI=1S/C29H47N3O6/c1-18(2)14-15-21(6)32(27(35)24(19(3)4)31-28(36)38-29(7,8)9)25(22-13-11-12-20(5)16-22)26(34)30-17-23(33)37-10/h11-13,16,18-19,21,24-25H,14-15,17H2,1-10H3,(H,30,34)(H,31,36). The quantitative estimate of drug-likeness (QED) is 0.382. The van der Waals surface area contributed by atoms with Crippen LogP contribution in [-0.2, 0) is 23.9 Å². The SMILES string of the molecule is COC(=O)CNC(=O)C(c1cccc(C)c1)N(C(=O)C(NC(=O)OC(C)(C)C)C(C)C)C(C)CCC(C)C. The Morgan fingerprint density at radius 2 is 1.63 bits per heavy atom. The van der Waals surface area contributed by atoms with Crippen LogP contribution in [0.4, 0.5) is 4.79 Å². The predicted octanol–water partition coefficient (Wildman–Crippen LogP) is 4.53. The Labute approximate surface area is 228 Å². The van der Waals surface area contributed by atoms with Crippen LogP contribution in [-0.4, -0.2) is 60.1 Å². The number of methoxy groups -OCH3 is 1. The summed E-state index contributed by atoms with van der Waals surface area (Å²) in [4.78, 5) is 53.9. The van der Waals surface area contributed by atoms with Gasteiger partial charge in [0, 0.05) is 6.04 Å². The normalized spacial score (nSPS) is 13.9. The largest absolute Gasteiger partial charge is 0.468 e. The highest BCUT2D eigenvalue weighted by Crippen LogP contribution is 2.29. The van der Waals surface area contributed by atoms with Crippen LogP contribution in [0.5, 0.6) is 0 Å². The van der Waals surface area contributed by atoms with Crippen molar-refractivity contribution >= 4 is 23.9 Å². The molecule has 0 heterocycles. The first-order valence-electron chi connectivity index (χ1n) is 13.3. The van der Waals surface area contributed by atoms with Crippen LogP contribution < -0.4 is 10.6 Å². The zero-order valence-electron chi connectivity index (χ0n) is 24.7. The Bertz CT molecular complexity index is 954. The summed E-state index contributed by atoms with van der Waals surface area (Å²) in [5.41, 5.74) is 0.788. The minimum Gasteiger partial charge on any atom is -0.468 e. The molecule has 9 nitrogen and oxygen atoms in total. The number of esters is 1. The molecule has 1 aromatic carbocycles. The molecule has 9 heteroatoms. The molecule has 0 aromatic heterocycles. The predicted molar refractivity (Wildman–Crippen MR) is 147 cm³/mol. The third kappa shape index (κ3) is 10.7. The van der Waals surface area contributed by atoms with Gasteiger partial charge < -0.3 is 25.0 Å². The van der Waals surface area contributed by atoms with Gasteiger partial charge >= 0.3 is 12.1 Å². The molecule has 0 bridgehead atoms. The fourth-order valence-electron chi connectivity index (χ4n) is 4.03. The fraction of sp³-hybridized carbons (Fsp3) is 0.655. The van der Waals surface area contributed by atoms with Crippen LogP contribution >= 0.6 is 0 Å². The number of benzene rings is 1. The van der Waals surface area contributed by atoms with Crippen molar-refractivity contribution in [1.29, 1.82) is 0 Å². The molecule has 0 fully saturated rings. The molecule has 3 unspecified atom stereocenters. The second-order valence-electron chi connectivity index (χ2n) is 11.5. The topological polar surface area (TPSA) is 114 Å². The van der Waals surface area contributed by atoms with Crippen molar-refractivity contribution < 1.29 is 28.7 Å². The van der Waals surface area contributed by atoms with E-state index < -0.39 is 41.6 Å². The summed E-state index contributed by atoms with van der Waals surface area (Å²) < 4.78 is 10.1. The first-order chi connectivity index (χ1) is 17.6. The second-order valence-corrected chi connectivity index (χ2v) is 11.5. The summed E-state index contributed by atoms with van der Waals surface area (Å²) in [5, 5.41) is 5.36. The molecule has 1 rings (SSSR count). The fourth-order valence-corrected chi connectivity index (χ4v) is 4.03. The minimum atomic E-state index is -1.03. The maximum Gasteiger partial charge on any atom is 0.408 e. The highest BCUT2D eigenvalue weighted by Gasteiger charge is 2.40. The average Bonchev–Trinajstić information content (AvgIpc) is 2.80. The molecule has 0 radical (unpaired) electrons. The molecule has 38 heavy (non-hydrogen) atoms. The molecule has 2 N–H and O–H groups in total. The molecule has 3 amide bonds. The van der Waals surface area contributed by atoms with Gasteiger partial charge in [-0.3, -0.25) is 14.4 Å². The maximum absolute atomic E-state index is 14.3. The zero-order valence-corrected chi connectivity index (χ0v) is 24.7. The van der Waals surface area contributed by atoms with Crippen molar-refractivity contribution in [3.63, 3.8) is 0 Å². The number of hydrogen-bond donors (Lipinski definition) is 2. The van der Waals surface area contributed by atoms with E-state index in [2.05, 4.69) is 29.2 Å². The van der Waals surface area contributed by atoms with Gasteiger partial charge in [0.2, 0.25) is 11.8 Å². The van der Waals surface area contributed by atoms with E-state index in [0.29, 0.717) is 17.9 Å². The Morgan fingerprint density at radius 1 is 1.00 bits per heavy atom. The number of nitrogens with one attached hydrogen (secondary N) is 2. The monoisotopic (exact) mass is 533 g/mol. The number of alkyl carbamates (subject to hydrolysis) is 1. The highest BCUT2D eigenvalue weighted by molar-refractivity contribution is 5.93. The number of hydrogen-bond acceptors (Lipinski definition) is 6. The molecule has 3 atom stereocenters. The number of ether oxygens (including phenoxy) is 2. The molecule has 1 aromatic rings. The Kier molecular flexibility index (Phi) is 12.8. The van der Waals surface area contributed by atoms with Crippen molar-refractivity contribution in [2.24, 2.45) is 11.8 Å². The molecular formula is C29H47N3O6. The number of carbonyl (C=O) groups excluding carboxylic acids is 4. The van der Waals surface area contributed by atoms with Crippen LogP contribution in [0.15, 0.2) is 24.3 Å². The van der Waals surface area contributed by atoms with Crippen molar-refractivity contribution in [3.8, 4) is 0 Å². The smallest absolute Gasteiger partial charge is 0.408 e. The molecule has 0 aliphatic rings. The number of carbonyl (C=O) groups is 4. The lowest BCUT2D eigenvalue weighted by Gasteiger charge is -2.39. The third-order valence-corrected chi connectivity index (χ3v) is 6.02. The van der Waals surface area contributed by atoms with E-state index in [1.54, 1.807) is 31.7 Å². The van der Waals surface area contributed by atoms with Gasteiger partial charge in [-0.15, -0.1) is 0 Å². The first kappa shape index (κ1) is 32.9. The van der Waals surface area contributed by atoms with Crippen LogP contribution in [0.25, 0.3) is 0 Å². The summed E-state index contributed by atoms with van der Waals surface area (Å²) >= 11 is 0. The molecule has 0 saturated carbocycles. The van der Waals surface area contributed by atoms with Gasteiger partial charge in [0.25, 0.3) is 0 Å².